The summed E-state index contributed by atoms with van der Waals surface area (Å²) < 4.78 is 14.0. The summed E-state index contributed by atoms with van der Waals surface area (Å²) in [5.74, 6) is -0.675. The van der Waals surface area contributed by atoms with Crippen molar-refractivity contribution in [1.29, 1.82) is 0 Å². The minimum atomic E-state index is -1.15. The molecule has 0 aromatic carbocycles. The minimum absolute atomic E-state index is 0.152. The highest BCUT2D eigenvalue weighted by atomic mass is 35.5. The van der Waals surface area contributed by atoms with Crippen LogP contribution in [0.4, 0.5) is 0 Å². The van der Waals surface area contributed by atoms with Crippen LogP contribution < -0.4 is 5.59 Å². The van der Waals surface area contributed by atoms with Gasteiger partial charge in [0.2, 0.25) is 0 Å². The third kappa shape index (κ3) is 2.48. The van der Waals surface area contributed by atoms with E-state index in [-0.39, 0.29) is 10.7 Å². The number of halogens is 1. The highest BCUT2D eigenvalue weighted by Gasteiger charge is 2.53. The van der Waals surface area contributed by atoms with Gasteiger partial charge in [-0.05, 0) is 70.6 Å². The smallest absolute Gasteiger partial charge is 0.476 e. The van der Waals surface area contributed by atoms with E-state index in [2.05, 4.69) is 5.10 Å². The maximum absolute atomic E-state index is 11.5. The number of aromatic carboxylic acids is 1. The van der Waals surface area contributed by atoms with Crippen molar-refractivity contribution < 1.29 is 19.2 Å². The summed E-state index contributed by atoms with van der Waals surface area (Å²) in [7, 11) is -0.641. The van der Waals surface area contributed by atoms with E-state index in [1.54, 1.807) is 4.52 Å². The molecule has 1 saturated heterocycles. The first-order chi connectivity index (χ1) is 12.0. The van der Waals surface area contributed by atoms with Crippen LogP contribution in [0.5, 0.6) is 0 Å². The summed E-state index contributed by atoms with van der Waals surface area (Å²) in [6.07, 6.45) is 2.24. The van der Waals surface area contributed by atoms with Gasteiger partial charge in [-0.15, -0.1) is 0 Å². The first-order valence-electron chi connectivity index (χ1n) is 8.84. The summed E-state index contributed by atoms with van der Waals surface area (Å²) >= 11 is 6.40. The van der Waals surface area contributed by atoms with Gasteiger partial charge in [-0.25, -0.2) is 9.31 Å². The molecule has 2 aromatic rings. The molecule has 2 aromatic heterocycles. The molecule has 3 heterocycles. The number of carbonyl (C=O) groups is 1. The van der Waals surface area contributed by atoms with Crippen LogP contribution in [-0.2, 0) is 9.31 Å². The van der Waals surface area contributed by atoms with Gasteiger partial charge < -0.3 is 14.4 Å². The number of aromatic nitrogens is 2. The van der Waals surface area contributed by atoms with Crippen molar-refractivity contribution >= 4 is 35.8 Å². The Kier molecular flexibility index (Phi) is 3.75. The van der Waals surface area contributed by atoms with Gasteiger partial charge in [0, 0.05) is 0 Å². The molecule has 0 spiro atoms. The summed E-state index contributed by atoms with van der Waals surface area (Å²) in [4.78, 5) is 11.5. The topological polar surface area (TPSA) is 73.1 Å². The molecular formula is C18H22BClN2O4. The number of hydrogen-bond acceptors (Lipinski definition) is 4. The van der Waals surface area contributed by atoms with Crippen LogP contribution in [0.3, 0.4) is 0 Å². The van der Waals surface area contributed by atoms with Crippen LogP contribution in [0.25, 0.3) is 5.52 Å². The van der Waals surface area contributed by atoms with Gasteiger partial charge in [-0.3, -0.25) is 0 Å². The Balaban J connectivity index is 1.96. The van der Waals surface area contributed by atoms with Gasteiger partial charge in [0.1, 0.15) is 5.02 Å². The zero-order valence-electron chi connectivity index (χ0n) is 15.6. The zero-order chi connectivity index (χ0) is 19.0. The van der Waals surface area contributed by atoms with Gasteiger partial charge >= 0.3 is 13.1 Å². The Bertz CT molecular complexity index is 917. The number of nitrogens with zero attached hydrogens (tertiary/aromatic N) is 2. The standard InChI is InChI=1S/C18H22BClN2O4/c1-9-11(10-6-7-10)8-12(19-25-17(2,3)18(4,5)26-19)22-15(9)13(20)14(21-22)16(23)24/h8,10H,6-7H2,1-5H3,(H,23,24). The van der Waals surface area contributed by atoms with Gasteiger partial charge in [0.25, 0.3) is 0 Å². The molecule has 1 aliphatic carbocycles. The van der Waals surface area contributed by atoms with E-state index in [9.17, 15) is 9.90 Å². The molecule has 138 valence electrons. The molecule has 1 N–H and O–H groups in total. The van der Waals surface area contributed by atoms with Crippen LogP contribution in [0.15, 0.2) is 6.07 Å². The number of pyridine rings is 1. The summed E-state index contributed by atoms with van der Waals surface area (Å²) in [5, 5.41) is 13.9. The fourth-order valence-corrected chi connectivity index (χ4v) is 3.80. The maximum atomic E-state index is 11.5. The van der Waals surface area contributed by atoms with Crippen molar-refractivity contribution in [2.24, 2.45) is 0 Å². The Morgan fingerprint density at radius 2 is 1.88 bits per heavy atom. The summed E-state index contributed by atoms with van der Waals surface area (Å²) in [6, 6.07) is 2.04. The first kappa shape index (κ1) is 17.8. The van der Waals surface area contributed by atoms with E-state index in [0.717, 1.165) is 18.4 Å². The minimum Gasteiger partial charge on any atom is -0.476 e. The Labute approximate surface area is 157 Å². The largest absolute Gasteiger partial charge is 0.514 e. The lowest BCUT2D eigenvalue weighted by atomic mass is 9.82. The number of fused-ring (bicyclic) bond motifs is 1. The molecule has 8 heteroatoms. The molecule has 0 amide bonds. The lowest BCUT2D eigenvalue weighted by Crippen LogP contribution is -2.41. The fourth-order valence-electron chi connectivity index (χ4n) is 3.46. The van der Waals surface area contributed by atoms with Crippen molar-refractivity contribution in [3.8, 4) is 0 Å². The average Bonchev–Trinajstić information content (AvgIpc) is 3.25. The van der Waals surface area contributed by atoms with E-state index >= 15 is 0 Å². The van der Waals surface area contributed by atoms with E-state index < -0.39 is 24.3 Å². The Morgan fingerprint density at radius 3 is 2.38 bits per heavy atom. The van der Waals surface area contributed by atoms with Crippen LogP contribution in [0, 0.1) is 6.92 Å². The van der Waals surface area contributed by atoms with Crippen LogP contribution in [0.1, 0.15) is 68.1 Å². The molecule has 0 bridgehead atoms. The molecule has 0 unspecified atom stereocenters. The monoisotopic (exact) mass is 376 g/mol. The van der Waals surface area contributed by atoms with Crippen molar-refractivity contribution in [1.82, 2.24) is 9.61 Å². The molecule has 1 aliphatic heterocycles. The number of carboxylic acids is 1. The Hall–Kier alpha value is -1.57. The second-order valence-corrected chi connectivity index (χ2v) is 8.62. The lowest BCUT2D eigenvalue weighted by Gasteiger charge is -2.32. The van der Waals surface area contributed by atoms with Gasteiger partial charge in [-0.1, -0.05) is 11.6 Å². The normalized spacial score (nSPS) is 21.5. The van der Waals surface area contributed by atoms with Crippen LogP contribution in [0.2, 0.25) is 5.02 Å². The molecular weight excluding hydrogens is 354 g/mol. The van der Waals surface area contributed by atoms with Crippen molar-refractivity contribution in [3.63, 3.8) is 0 Å². The number of aryl methyl sites for hydroxylation is 1. The van der Waals surface area contributed by atoms with E-state index in [1.807, 2.05) is 40.7 Å². The van der Waals surface area contributed by atoms with Gasteiger partial charge in [-0.2, -0.15) is 5.10 Å². The molecule has 0 atom stereocenters. The SMILES string of the molecule is Cc1c(C2CC2)cc(B2OC(C)(C)C(C)(C)O2)n2nc(C(=O)O)c(Cl)c12. The van der Waals surface area contributed by atoms with Crippen molar-refractivity contribution in [2.75, 3.05) is 0 Å². The van der Waals surface area contributed by atoms with Crippen molar-refractivity contribution in [3.05, 3.63) is 27.9 Å². The molecule has 1 saturated carbocycles. The number of rotatable bonds is 3. The second kappa shape index (κ2) is 5.47. The highest BCUT2D eigenvalue weighted by Crippen LogP contribution is 2.43. The van der Waals surface area contributed by atoms with E-state index in [4.69, 9.17) is 20.9 Å². The van der Waals surface area contributed by atoms with Gasteiger partial charge in [0.15, 0.2) is 5.69 Å². The predicted octanol–water partition coefficient (Wildman–Crippen LogP) is 3.17. The van der Waals surface area contributed by atoms with Crippen LogP contribution >= 0.6 is 11.6 Å². The molecule has 2 aliphatic rings. The Morgan fingerprint density at radius 1 is 1.31 bits per heavy atom. The number of hydrogen-bond donors (Lipinski definition) is 1. The molecule has 4 rings (SSSR count). The number of carboxylic acid groups (broad SMARTS) is 1. The third-order valence-electron chi connectivity index (χ3n) is 5.88. The van der Waals surface area contributed by atoms with Gasteiger partial charge in [0.05, 0.1) is 22.3 Å². The van der Waals surface area contributed by atoms with E-state index in [0.29, 0.717) is 17.0 Å². The first-order valence-corrected chi connectivity index (χ1v) is 9.22. The van der Waals surface area contributed by atoms with Crippen molar-refractivity contribution in [2.45, 2.75) is 64.6 Å². The lowest BCUT2D eigenvalue weighted by molar-refractivity contribution is 0.00578. The van der Waals surface area contributed by atoms with E-state index in [1.165, 1.54) is 5.56 Å². The van der Waals surface area contributed by atoms with Crippen LogP contribution in [-0.4, -0.2) is 39.0 Å². The summed E-state index contributed by atoms with van der Waals surface area (Å²) in [5.41, 5.74) is 2.29. The summed E-state index contributed by atoms with van der Waals surface area (Å²) in [6.45, 7) is 9.91. The second-order valence-electron chi connectivity index (χ2n) is 8.24. The highest BCUT2D eigenvalue weighted by molar-refractivity contribution is 6.61. The fraction of sp³-hybridized carbons (Fsp3) is 0.556. The predicted molar refractivity (Wildman–Crippen MR) is 99.6 cm³/mol. The quantitative estimate of drug-likeness (QED) is 0.833. The average molecular weight is 377 g/mol. The maximum Gasteiger partial charge on any atom is 0.514 e. The zero-order valence-corrected chi connectivity index (χ0v) is 16.3. The molecule has 0 radical (unpaired) electrons. The molecule has 26 heavy (non-hydrogen) atoms. The third-order valence-corrected chi connectivity index (χ3v) is 6.24. The molecule has 6 nitrogen and oxygen atoms in total. The molecule has 2 fully saturated rings.